The maximum absolute atomic E-state index is 12.4. The lowest BCUT2D eigenvalue weighted by atomic mass is 10.0. The number of nitrogens with zero attached hydrogens (tertiary/aromatic N) is 2. The topological polar surface area (TPSA) is 33.2 Å². The lowest BCUT2D eigenvalue weighted by Crippen LogP contribution is -2.45. The number of rotatable bonds is 3. The second-order valence-electron chi connectivity index (χ2n) is 4.83. The zero-order chi connectivity index (χ0) is 13.4. The van der Waals surface area contributed by atoms with Crippen molar-refractivity contribution in [2.24, 2.45) is 0 Å². The monoisotopic (exact) mass is 292 g/mol. The van der Waals surface area contributed by atoms with Crippen molar-refractivity contribution in [3.05, 3.63) is 38.0 Å². The van der Waals surface area contributed by atoms with E-state index in [2.05, 4.69) is 22.5 Å². The molecule has 19 heavy (non-hydrogen) atoms. The Balaban J connectivity index is 1.70. The lowest BCUT2D eigenvalue weighted by Gasteiger charge is -2.40. The van der Waals surface area contributed by atoms with Gasteiger partial charge < -0.3 is 4.90 Å². The van der Waals surface area contributed by atoms with Gasteiger partial charge >= 0.3 is 0 Å². The summed E-state index contributed by atoms with van der Waals surface area (Å²) in [5, 5.41) is 3.12. The van der Waals surface area contributed by atoms with Crippen LogP contribution in [0.15, 0.2) is 17.5 Å². The van der Waals surface area contributed by atoms with Gasteiger partial charge in [-0.25, -0.2) is 4.98 Å². The van der Waals surface area contributed by atoms with Gasteiger partial charge in [0, 0.05) is 16.3 Å². The normalized spacial score (nSPS) is 18.4. The lowest BCUT2D eigenvalue weighted by molar-refractivity contribution is -0.138. The molecule has 100 valence electrons. The highest BCUT2D eigenvalue weighted by Gasteiger charge is 2.34. The first-order chi connectivity index (χ1) is 9.15. The van der Waals surface area contributed by atoms with Crippen LogP contribution in [0.5, 0.6) is 0 Å². The van der Waals surface area contributed by atoms with E-state index in [0.29, 0.717) is 12.5 Å². The van der Waals surface area contributed by atoms with Gasteiger partial charge in [0.05, 0.1) is 23.2 Å². The molecular formula is C14H16N2OS2. The minimum atomic E-state index is 0.233. The Kier molecular flexibility index (Phi) is 3.41. The molecule has 0 N–H and O–H groups in total. The van der Waals surface area contributed by atoms with Crippen LogP contribution in [0.2, 0.25) is 0 Å². The van der Waals surface area contributed by atoms with Crippen molar-refractivity contribution in [3.63, 3.8) is 0 Å². The molecule has 0 unspecified atom stereocenters. The summed E-state index contributed by atoms with van der Waals surface area (Å²) in [6, 6.07) is 4.48. The summed E-state index contributed by atoms with van der Waals surface area (Å²) in [6.45, 7) is 4.86. The molecule has 0 radical (unpaired) electrons. The fourth-order valence-electron chi connectivity index (χ4n) is 2.44. The molecule has 1 saturated heterocycles. The van der Waals surface area contributed by atoms with Crippen LogP contribution >= 0.6 is 22.7 Å². The summed E-state index contributed by atoms with van der Waals surface area (Å²) < 4.78 is 0. The Hall–Kier alpha value is -1.20. The average molecular weight is 292 g/mol. The summed E-state index contributed by atoms with van der Waals surface area (Å²) in [4.78, 5) is 21.2. The number of carbonyl (C=O) groups excluding carboxylic acids is 1. The standard InChI is InChI=1S/C14H16N2OS2/c1-9-13(19-10(2)15-9)8-14(17)16-6-5-11(16)12-4-3-7-18-12/h3-4,7,11H,5-6,8H2,1-2H3/t11-/m1/s1. The summed E-state index contributed by atoms with van der Waals surface area (Å²) in [5.74, 6) is 0.233. The number of likely N-dealkylation sites (tertiary alicyclic amines) is 1. The van der Waals surface area contributed by atoms with Gasteiger partial charge in [-0.3, -0.25) is 4.79 Å². The third kappa shape index (κ3) is 2.44. The van der Waals surface area contributed by atoms with E-state index in [4.69, 9.17) is 0 Å². The number of carbonyl (C=O) groups is 1. The van der Waals surface area contributed by atoms with Crippen LogP contribution in [0.3, 0.4) is 0 Å². The summed E-state index contributed by atoms with van der Waals surface area (Å²) in [6.07, 6.45) is 1.59. The van der Waals surface area contributed by atoms with Gasteiger partial charge in [0.15, 0.2) is 0 Å². The maximum Gasteiger partial charge on any atom is 0.228 e. The number of aryl methyl sites for hydroxylation is 2. The van der Waals surface area contributed by atoms with E-state index in [1.807, 2.05) is 18.7 Å². The molecule has 0 saturated carbocycles. The fraction of sp³-hybridized carbons (Fsp3) is 0.429. The molecule has 5 heteroatoms. The predicted molar refractivity (Wildman–Crippen MR) is 78.7 cm³/mol. The average Bonchev–Trinajstić information content (AvgIpc) is 2.88. The Morgan fingerprint density at radius 2 is 2.37 bits per heavy atom. The molecule has 1 atom stereocenters. The number of aromatic nitrogens is 1. The molecule has 2 aromatic heterocycles. The molecule has 0 bridgehead atoms. The Morgan fingerprint density at radius 1 is 1.53 bits per heavy atom. The smallest absolute Gasteiger partial charge is 0.228 e. The quantitative estimate of drug-likeness (QED) is 0.869. The van der Waals surface area contributed by atoms with Crippen molar-refractivity contribution in [1.29, 1.82) is 0 Å². The van der Waals surface area contributed by atoms with E-state index >= 15 is 0 Å². The Bertz CT molecular complexity index is 589. The highest BCUT2D eigenvalue weighted by atomic mass is 32.1. The highest BCUT2D eigenvalue weighted by molar-refractivity contribution is 7.11. The number of hydrogen-bond donors (Lipinski definition) is 0. The first-order valence-electron chi connectivity index (χ1n) is 6.41. The van der Waals surface area contributed by atoms with Gasteiger partial charge in [-0.05, 0) is 31.7 Å². The maximum atomic E-state index is 12.4. The third-order valence-electron chi connectivity index (χ3n) is 3.52. The van der Waals surface area contributed by atoms with E-state index < -0.39 is 0 Å². The second-order valence-corrected chi connectivity index (χ2v) is 7.09. The second kappa shape index (κ2) is 5.06. The molecule has 0 spiro atoms. The van der Waals surface area contributed by atoms with Crippen LogP contribution in [-0.4, -0.2) is 22.3 Å². The molecule has 3 heterocycles. The van der Waals surface area contributed by atoms with Crippen LogP contribution in [0.1, 0.15) is 32.9 Å². The van der Waals surface area contributed by atoms with E-state index in [-0.39, 0.29) is 5.91 Å². The fourth-order valence-corrected chi connectivity index (χ4v) is 4.24. The summed E-state index contributed by atoms with van der Waals surface area (Å²) in [5.41, 5.74) is 1.00. The van der Waals surface area contributed by atoms with E-state index in [0.717, 1.165) is 28.5 Å². The van der Waals surface area contributed by atoms with Crippen molar-refractivity contribution in [2.75, 3.05) is 6.54 Å². The predicted octanol–water partition coefficient (Wildman–Crippen LogP) is 3.34. The number of thiophene rings is 1. The van der Waals surface area contributed by atoms with Gasteiger partial charge in [0.1, 0.15) is 0 Å². The molecule has 1 amide bonds. The van der Waals surface area contributed by atoms with Gasteiger partial charge in [-0.15, -0.1) is 22.7 Å². The zero-order valence-corrected chi connectivity index (χ0v) is 12.7. The van der Waals surface area contributed by atoms with Crippen LogP contribution in [0, 0.1) is 13.8 Å². The van der Waals surface area contributed by atoms with Gasteiger partial charge in [0.25, 0.3) is 0 Å². The minimum Gasteiger partial charge on any atom is -0.334 e. The van der Waals surface area contributed by atoms with Gasteiger partial charge in [-0.1, -0.05) is 6.07 Å². The zero-order valence-electron chi connectivity index (χ0n) is 11.0. The number of hydrogen-bond acceptors (Lipinski definition) is 4. The van der Waals surface area contributed by atoms with Crippen molar-refractivity contribution in [3.8, 4) is 0 Å². The molecule has 1 aliphatic heterocycles. The van der Waals surface area contributed by atoms with Crippen molar-refractivity contribution in [1.82, 2.24) is 9.88 Å². The molecule has 1 fully saturated rings. The molecule has 0 aliphatic carbocycles. The first-order valence-corrected chi connectivity index (χ1v) is 8.10. The van der Waals surface area contributed by atoms with Crippen LogP contribution < -0.4 is 0 Å². The highest BCUT2D eigenvalue weighted by Crippen LogP contribution is 2.36. The van der Waals surface area contributed by atoms with E-state index in [9.17, 15) is 4.79 Å². The van der Waals surface area contributed by atoms with Gasteiger partial charge in [-0.2, -0.15) is 0 Å². The van der Waals surface area contributed by atoms with Crippen molar-refractivity contribution in [2.45, 2.75) is 32.7 Å². The number of amides is 1. The molecule has 2 aromatic rings. The van der Waals surface area contributed by atoms with Crippen LogP contribution in [-0.2, 0) is 11.2 Å². The summed E-state index contributed by atoms with van der Waals surface area (Å²) >= 11 is 3.38. The Labute approximate surface area is 120 Å². The van der Waals surface area contributed by atoms with Crippen molar-refractivity contribution >= 4 is 28.6 Å². The molecule has 3 nitrogen and oxygen atoms in total. The summed E-state index contributed by atoms with van der Waals surface area (Å²) in [7, 11) is 0. The SMILES string of the molecule is Cc1nc(C)c(CC(=O)N2CC[C@@H]2c2cccs2)s1. The Morgan fingerprint density at radius 3 is 2.89 bits per heavy atom. The van der Waals surface area contributed by atoms with E-state index in [1.54, 1.807) is 22.7 Å². The van der Waals surface area contributed by atoms with E-state index in [1.165, 1.54) is 4.88 Å². The molecule has 0 aromatic carbocycles. The molecular weight excluding hydrogens is 276 g/mol. The molecule has 3 rings (SSSR count). The van der Waals surface area contributed by atoms with Crippen molar-refractivity contribution < 1.29 is 4.79 Å². The first kappa shape index (κ1) is 12.8. The molecule has 1 aliphatic rings. The minimum absolute atomic E-state index is 0.233. The number of thiazole rings is 1. The largest absolute Gasteiger partial charge is 0.334 e. The third-order valence-corrected chi connectivity index (χ3v) is 5.57. The van der Waals surface area contributed by atoms with Crippen LogP contribution in [0.25, 0.3) is 0 Å². The van der Waals surface area contributed by atoms with Gasteiger partial charge in [0.2, 0.25) is 5.91 Å². The van der Waals surface area contributed by atoms with Crippen LogP contribution in [0.4, 0.5) is 0 Å².